The maximum atomic E-state index is 14.1. The number of aromatic nitrogens is 1. The highest BCUT2D eigenvalue weighted by atomic mass is 32.1. The Labute approximate surface area is 252 Å². The van der Waals surface area contributed by atoms with E-state index in [1.165, 1.54) is 19.0 Å². The molecule has 0 spiro atoms. The molecule has 4 atom stereocenters. The summed E-state index contributed by atoms with van der Waals surface area (Å²) in [5.74, 6) is -7.60. The molecule has 3 aliphatic rings. The van der Waals surface area contributed by atoms with Crippen LogP contribution in [0.4, 0.5) is 24.0 Å². The van der Waals surface area contributed by atoms with Gasteiger partial charge in [0.2, 0.25) is 5.78 Å². The van der Waals surface area contributed by atoms with E-state index in [-0.39, 0.29) is 41.2 Å². The highest BCUT2D eigenvalue weighted by Crippen LogP contribution is 2.54. The number of phenols is 1. The van der Waals surface area contributed by atoms with Crippen molar-refractivity contribution < 1.29 is 48.0 Å². The first-order valence-corrected chi connectivity index (χ1v) is 14.3. The van der Waals surface area contributed by atoms with Gasteiger partial charge in [-0.3, -0.25) is 19.3 Å². The van der Waals surface area contributed by atoms with E-state index in [2.05, 4.69) is 10.3 Å². The molecule has 0 bridgehead atoms. The summed E-state index contributed by atoms with van der Waals surface area (Å²) in [6, 6.07) is 0.394. The Hall–Kier alpha value is -4.15. The third kappa shape index (κ3) is 4.59. The van der Waals surface area contributed by atoms with E-state index in [4.69, 9.17) is 5.73 Å². The van der Waals surface area contributed by atoms with E-state index in [1.807, 2.05) is 0 Å². The fraction of sp³-hybridized carbons (Fsp3) is 0.429. The number of aliphatic hydroxyl groups is 3. The molecule has 1 heterocycles. The minimum Gasteiger partial charge on any atom is -0.508 e. The van der Waals surface area contributed by atoms with Gasteiger partial charge in [0, 0.05) is 48.8 Å². The summed E-state index contributed by atoms with van der Waals surface area (Å²) < 4.78 is 39.0. The van der Waals surface area contributed by atoms with Crippen LogP contribution >= 0.6 is 11.3 Å². The molecular formula is C28H30F3N5O7S. The van der Waals surface area contributed by atoms with Crippen molar-refractivity contribution in [2.24, 2.45) is 17.6 Å². The minimum absolute atomic E-state index is 0.0611. The summed E-state index contributed by atoms with van der Waals surface area (Å²) in [4.78, 5) is 46.1. The van der Waals surface area contributed by atoms with Crippen molar-refractivity contribution in [3.05, 3.63) is 50.7 Å². The number of carbonyl (C=O) groups is 3. The number of primary amides is 1. The second kappa shape index (κ2) is 10.5. The van der Waals surface area contributed by atoms with Crippen LogP contribution in [0.1, 0.15) is 28.8 Å². The molecule has 1 aromatic heterocycles. The van der Waals surface area contributed by atoms with Gasteiger partial charge in [-0.25, -0.2) is 4.98 Å². The van der Waals surface area contributed by atoms with E-state index in [0.717, 1.165) is 16.7 Å². The molecule has 2 aromatic rings. The maximum Gasteiger partial charge on any atom is 0.434 e. The molecule has 3 aliphatic carbocycles. The number of aromatic hydroxyl groups is 1. The number of nitrogens with one attached hydrogen (secondary N) is 1. The van der Waals surface area contributed by atoms with Crippen molar-refractivity contribution >= 4 is 45.4 Å². The van der Waals surface area contributed by atoms with Crippen LogP contribution in [-0.4, -0.2) is 87.6 Å². The minimum atomic E-state index is -4.63. The monoisotopic (exact) mass is 637 g/mol. The number of hydrogen-bond donors (Lipinski definition) is 6. The molecule has 16 heteroatoms. The number of rotatable bonds is 6. The quantitative estimate of drug-likeness (QED) is 0.255. The number of benzene rings is 1. The van der Waals surface area contributed by atoms with Crippen molar-refractivity contribution in [1.29, 1.82) is 0 Å². The molecule has 1 aromatic carbocycles. The fourth-order valence-electron chi connectivity index (χ4n) is 6.54. The lowest BCUT2D eigenvalue weighted by atomic mass is 9.57. The van der Waals surface area contributed by atoms with Crippen LogP contribution in [0.15, 0.2) is 28.4 Å². The molecule has 7 N–H and O–H groups in total. The zero-order valence-corrected chi connectivity index (χ0v) is 24.8. The average Bonchev–Trinajstić information content (AvgIpc) is 3.39. The van der Waals surface area contributed by atoms with Crippen molar-refractivity contribution in [2.75, 3.05) is 38.4 Å². The summed E-state index contributed by atoms with van der Waals surface area (Å²) in [6.45, 7) is -0.200. The van der Waals surface area contributed by atoms with Gasteiger partial charge in [0.05, 0.1) is 11.6 Å². The lowest BCUT2D eigenvalue weighted by Gasteiger charge is -2.50. The van der Waals surface area contributed by atoms with Crippen molar-refractivity contribution in [3.8, 4) is 5.75 Å². The third-order valence-corrected chi connectivity index (χ3v) is 9.28. The van der Waals surface area contributed by atoms with Gasteiger partial charge in [0.15, 0.2) is 22.2 Å². The maximum absolute atomic E-state index is 14.1. The number of aliphatic hydroxyl groups excluding tert-OH is 2. The van der Waals surface area contributed by atoms with E-state index in [1.54, 1.807) is 25.1 Å². The molecule has 1 saturated carbocycles. The zero-order chi connectivity index (χ0) is 32.6. The molecule has 236 valence electrons. The lowest BCUT2D eigenvalue weighted by molar-refractivity contribution is -0.153. The van der Waals surface area contributed by atoms with Crippen molar-refractivity contribution in [1.82, 2.24) is 9.88 Å². The number of Topliss-reactive ketones (excluding diaryl/α,β-unsaturated/α-hetero) is 2. The number of ketones is 2. The Bertz CT molecular complexity index is 1660. The van der Waals surface area contributed by atoms with E-state index in [9.17, 15) is 48.0 Å². The largest absolute Gasteiger partial charge is 0.508 e. The number of carbonyl (C=O) groups excluding carboxylic acids is 3. The van der Waals surface area contributed by atoms with Gasteiger partial charge in [-0.1, -0.05) is 0 Å². The van der Waals surface area contributed by atoms with Crippen LogP contribution in [0, 0.1) is 11.8 Å². The summed E-state index contributed by atoms with van der Waals surface area (Å²) in [5, 5.41) is 49.1. The lowest BCUT2D eigenvalue weighted by Crippen LogP contribution is -2.65. The van der Waals surface area contributed by atoms with Gasteiger partial charge >= 0.3 is 6.18 Å². The van der Waals surface area contributed by atoms with Crippen LogP contribution in [0.5, 0.6) is 5.75 Å². The van der Waals surface area contributed by atoms with Gasteiger partial charge in [-0.15, -0.1) is 11.3 Å². The van der Waals surface area contributed by atoms with Crippen LogP contribution in [0.2, 0.25) is 0 Å². The van der Waals surface area contributed by atoms with E-state index < -0.39 is 75.7 Å². The summed E-state index contributed by atoms with van der Waals surface area (Å²) in [7, 11) is 6.44. The molecule has 44 heavy (non-hydrogen) atoms. The molecule has 4 unspecified atom stereocenters. The van der Waals surface area contributed by atoms with Crippen LogP contribution in [0.25, 0.3) is 5.76 Å². The van der Waals surface area contributed by atoms with Crippen LogP contribution in [-0.2, 0) is 33.5 Å². The molecule has 12 nitrogen and oxygen atoms in total. The Morgan fingerprint density at radius 3 is 2.41 bits per heavy atom. The van der Waals surface area contributed by atoms with E-state index >= 15 is 0 Å². The molecular weight excluding hydrogens is 607 g/mol. The Morgan fingerprint density at radius 1 is 1.20 bits per heavy atom. The third-order valence-electron chi connectivity index (χ3n) is 8.48. The molecule has 1 fully saturated rings. The molecule has 0 radical (unpaired) electrons. The first kappa shape index (κ1) is 31.3. The number of nitrogens with two attached hydrogens (primary N) is 1. The Balaban J connectivity index is 1.63. The highest BCUT2D eigenvalue weighted by Gasteiger charge is 2.64. The number of halogens is 3. The van der Waals surface area contributed by atoms with Gasteiger partial charge in [-0.2, -0.15) is 13.2 Å². The number of thiazole rings is 1. The number of phenolic OH excluding ortho intramolecular Hbond substituents is 1. The second-order valence-corrected chi connectivity index (χ2v) is 12.4. The topological polar surface area (TPSA) is 190 Å². The number of alkyl halides is 3. The summed E-state index contributed by atoms with van der Waals surface area (Å²) >= 11 is 0.717. The number of hydrogen-bond acceptors (Lipinski definition) is 12. The fourth-order valence-corrected chi connectivity index (χ4v) is 7.25. The molecule has 1 amide bonds. The number of nitrogens with zero attached hydrogens (tertiary/aromatic N) is 3. The standard InChI is InChI=1S/C28H30F3N5O7S/c1-35(2)14-7-11(8-33-26-34-15(9-44-26)28(29,30)31)20(37)17-12(14)5-10-6-13-19(36(3)4)22(39)18(25(32)42)24(41)27(13,43)23(40)16(10)21(17)38/h7,9-10,13,19,37-38,41,43H,5-6,8H2,1-4H3,(H2,32,42)(H,33,34). The zero-order valence-electron chi connectivity index (χ0n) is 24.0. The smallest absolute Gasteiger partial charge is 0.434 e. The summed E-state index contributed by atoms with van der Waals surface area (Å²) in [5.41, 5.74) is 1.31. The van der Waals surface area contributed by atoms with E-state index in [0.29, 0.717) is 11.3 Å². The second-order valence-electron chi connectivity index (χ2n) is 11.5. The predicted octanol–water partition coefficient (Wildman–Crippen LogP) is 2.12. The summed E-state index contributed by atoms with van der Waals surface area (Å²) in [6.07, 6.45) is -4.61. The molecule has 0 saturated heterocycles. The number of fused-ring (bicyclic) bond motifs is 3. The first-order chi connectivity index (χ1) is 20.4. The molecule has 5 rings (SSSR count). The number of anilines is 2. The van der Waals surface area contributed by atoms with Gasteiger partial charge in [-0.05, 0) is 44.5 Å². The van der Waals surface area contributed by atoms with Gasteiger partial charge in [0.1, 0.15) is 22.8 Å². The number of likely N-dealkylation sites (N-methyl/N-ethyl adjacent to an activating group) is 1. The SMILES string of the molecule is CN(C)c1cc(CNc2nc(C(F)(F)F)cs2)c(O)c2c1CC1CC3C(N(C)C)C(=O)C(C(N)=O)=C(O)C3(O)C(=O)C1=C2O. The van der Waals surface area contributed by atoms with Crippen molar-refractivity contribution in [3.63, 3.8) is 0 Å². The van der Waals surface area contributed by atoms with Gasteiger partial charge in [0.25, 0.3) is 5.91 Å². The number of amides is 1. The first-order valence-electron chi connectivity index (χ1n) is 13.4. The average molecular weight is 638 g/mol. The predicted molar refractivity (Wildman–Crippen MR) is 153 cm³/mol. The Kier molecular flexibility index (Phi) is 7.46. The van der Waals surface area contributed by atoms with Gasteiger partial charge < -0.3 is 36.4 Å². The van der Waals surface area contributed by atoms with Crippen LogP contribution < -0.4 is 16.0 Å². The van der Waals surface area contributed by atoms with Crippen molar-refractivity contribution in [2.45, 2.75) is 37.2 Å². The van der Waals surface area contributed by atoms with Crippen LogP contribution in [0.3, 0.4) is 0 Å². The normalized spacial score (nSPS) is 25.2. The molecule has 0 aliphatic heterocycles. The Morgan fingerprint density at radius 2 is 1.86 bits per heavy atom. The highest BCUT2D eigenvalue weighted by molar-refractivity contribution is 7.13.